The Kier molecular flexibility index (Phi) is 5.09. The molecule has 0 aromatic carbocycles. The van der Waals surface area contributed by atoms with Crippen molar-refractivity contribution in [2.45, 2.75) is 90.6 Å². The van der Waals surface area contributed by atoms with Crippen LogP contribution in [-0.4, -0.2) is 34.6 Å². The number of rotatable bonds is 6. The van der Waals surface area contributed by atoms with Crippen LogP contribution in [-0.2, 0) is 9.47 Å². The SMILES string of the molecule is CCOC(CC)(CC)C(O)C1CC(C)(C)OC1(C)C. The number of hydrogen-bond donors (Lipinski definition) is 1. The van der Waals surface area contributed by atoms with Crippen molar-refractivity contribution in [1.29, 1.82) is 0 Å². The van der Waals surface area contributed by atoms with Crippen molar-refractivity contribution in [3.05, 3.63) is 0 Å². The molecule has 1 fully saturated rings. The van der Waals surface area contributed by atoms with E-state index in [1.165, 1.54) is 0 Å². The van der Waals surface area contributed by atoms with E-state index in [9.17, 15) is 5.11 Å². The maximum atomic E-state index is 11.0. The molecule has 1 saturated heterocycles. The van der Waals surface area contributed by atoms with Gasteiger partial charge < -0.3 is 14.6 Å². The molecule has 2 atom stereocenters. The summed E-state index contributed by atoms with van der Waals surface area (Å²) < 4.78 is 12.1. The first-order chi connectivity index (χ1) is 8.64. The lowest BCUT2D eigenvalue weighted by molar-refractivity contribution is -0.165. The highest BCUT2D eigenvalue weighted by molar-refractivity contribution is 5.03. The summed E-state index contributed by atoms with van der Waals surface area (Å²) in [5.74, 6) is 0.106. The molecule has 19 heavy (non-hydrogen) atoms. The predicted molar refractivity (Wildman–Crippen MR) is 78.3 cm³/mol. The van der Waals surface area contributed by atoms with Crippen molar-refractivity contribution in [2.24, 2.45) is 5.92 Å². The van der Waals surface area contributed by atoms with Crippen LogP contribution in [0, 0.1) is 5.92 Å². The van der Waals surface area contributed by atoms with Crippen molar-refractivity contribution in [1.82, 2.24) is 0 Å². The predicted octanol–water partition coefficient (Wildman–Crippen LogP) is 3.54. The van der Waals surface area contributed by atoms with E-state index in [1.807, 2.05) is 6.92 Å². The highest BCUT2D eigenvalue weighted by atomic mass is 16.5. The molecule has 0 saturated carbocycles. The van der Waals surface area contributed by atoms with Gasteiger partial charge >= 0.3 is 0 Å². The molecular formula is C16H32O3. The van der Waals surface area contributed by atoms with Gasteiger partial charge in [-0.2, -0.15) is 0 Å². The van der Waals surface area contributed by atoms with Crippen LogP contribution in [0.2, 0.25) is 0 Å². The van der Waals surface area contributed by atoms with Gasteiger partial charge in [0.05, 0.1) is 22.9 Å². The smallest absolute Gasteiger partial charge is 0.0938 e. The second-order valence-corrected chi connectivity index (χ2v) is 6.93. The molecule has 2 unspecified atom stereocenters. The zero-order valence-corrected chi connectivity index (χ0v) is 13.7. The van der Waals surface area contributed by atoms with Crippen molar-refractivity contribution >= 4 is 0 Å². The Balaban J connectivity index is 3.00. The van der Waals surface area contributed by atoms with Crippen LogP contribution >= 0.6 is 0 Å². The summed E-state index contributed by atoms with van der Waals surface area (Å²) in [6, 6.07) is 0. The van der Waals surface area contributed by atoms with Crippen LogP contribution in [0.5, 0.6) is 0 Å². The highest BCUT2D eigenvalue weighted by Gasteiger charge is 2.53. The van der Waals surface area contributed by atoms with E-state index in [0.29, 0.717) is 6.61 Å². The summed E-state index contributed by atoms with van der Waals surface area (Å²) in [4.78, 5) is 0. The third-order valence-corrected chi connectivity index (χ3v) is 4.69. The van der Waals surface area contributed by atoms with Gasteiger partial charge in [-0.3, -0.25) is 0 Å². The summed E-state index contributed by atoms with van der Waals surface area (Å²) in [5, 5.41) is 11.0. The molecule has 114 valence electrons. The van der Waals surface area contributed by atoms with Crippen molar-refractivity contribution in [3.63, 3.8) is 0 Å². The molecule has 0 aromatic rings. The average Bonchev–Trinajstić information content (AvgIpc) is 2.53. The molecule has 1 rings (SSSR count). The normalized spacial score (nSPS) is 27.5. The van der Waals surface area contributed by atoms with Gasteiger partial charge in [-0.15, -0.1) is 0 Å². The van der Waals surface area contributed by atoms with Gasteiger partial charge in [-0.25, -0.2) is 0 Å². The minimum atomic E-state index is -0.487. The van der Waals surface area contributed by atoms with E-state index >= 15 is 0 Å². The summed E-state index contributed by atoms with van der Waals surface area (Å²) in [6.07, 6.45) is 2.03. The Morgan fingerprint density at radius 3 is 2.05 bits per heavy atom. The van der Waals surface area contributed by atoms with E-state index in [2.05, 4.69) is 41.5 Å². The minimum Gasteiger partial charge on any atom is -0.390 e. The number of aliphatic hydroxyl groups excluding tert-OH is 1. The first-order valence-corrected chi connectivity index (χ1v) is 7.66. The summed E-state index contributed by atoms with van der Waals surface area (Å²) in [6.45, 7) is 15.2. The molecule has 0 aliphatic carbocycles. The monoisotopic (exact) mass is 272 g/mol. The molecule has 1 N–H and O–H groups in total. The first-order valence-electron chi connectivity index (χ1n) is 7.66. The van der Waals surface area contributed by atoms with Crippen LogP contribution in [0.15, 0.2) is 0 Å². The van der Waals surface area contributed by atoms with Crippen molar-refractivity contribution < 1.29 is 14.6 Å². The standard InChI is InChI=1S/C16H32O3/c1-8-16(9-2,18-10-3)13(17)12-11-14(4,5)19-15(12,6)7/h12-13,17H,8-11H2,1-7H3. The molecule has 3 nitrogen and oxygen atoms in total. The quantitative estimate of drug-likeness (QED) is 0.804. The first kappa shape index (κ1) is 16.9. The summed E-state index contributed by atoms with van der Waals surface area (Å²) in [7, 11) is 0. The Hall–Kier alpha value is -0.120. The fraction of sp³-hybridized carbons (Fsp3) is 1.00. The molecule has 3 heteroatoms. The molecular weight excluding hydrogens is 240 g/mol. The van der Waals surface area contributed by atoms with E-state index in [-0.39, 0.29) is 17.1 Å². The Morgan fingerprint density at radius 2 is 1.74 bits per heavy atom. The molecule has 1 aliphatic heterocycles. The van der Waals surface area contributed by atoms with E-state index in [4.69, 9.17) is 9.47 Å². The third kappa shape index (κ3) is 3.32. The second-order valence-electron chi connectivity index (χ2n) is 6.93. The summed E-state index contributed by atoms with van der Waals surface area (Å²) in [5.41, 5.74) is -0.926. The van der Waals surface area contributed by atoms with E-state index < -0.39 is 11.7 Å². The van der Waals surface area contributed by atoms with Gasteiger partial charge in [0.15, 0.2) is 0 Å². The average molecular weight is 272 g/mol. The van der Waals surface area contributed by atoms with Gasteiger partial charge in [-0.1, -0.05) is 13.8 Å². The maximum Gasteiger partial charge on any atom is 0.0938 e. The van der Waals surface area contributed by atoms with E-state index in [1.54, 1.807) is 0 Å². The van der Waals surface area contributed by atoms with Crippen LogP contribution in [0.25, 0.3) is 0 Å². The fourth-order valence-corrected chi connectivity index (χ4v) is 3.71. The number of aliphatic hydroxyl groups is 1. The largest absolute Gasteiger partial charge is 0.390 e. The molecule has 1 aliphatic rings. The zero-order valence-electron chi connectivity index (χ0n) is 13.7. The van der Waals surface area contributed by atoms with Gasteiger partial charge in [0.1, 0.15) is 0 Å². The van der Waals surface area contributed by atoms with Gasteiger partial charge in [0, 0.05) is 12.5 Å². The minimum absolute atomic E-state index is 0.106. The van der Waals surface area contributed by atoms with Crippen LogP contribution < -0.4 is 0 Å². The van der Waals surface area contributed by atoms with Gasteiger partial charge in [-0.05, 0) is 53.9 Å². The molecule has 1 heterocycles. The maximum absolute atomic E-state index is 11.0. The van der Waals surface area contributed by atoms with E-state index in [0.717, 1.165) is 19.3 Å². The van der Waals surface area contributed by atoms with Crippen LogP contribution in [0.1, 0.15) is 67.7 Å². The Bertz CT molecular complexity index is 292. The molecule has 0 spiro atoms. The lowest BCUT2D eigenvalue weighted by atomic mass is 9.74. The third-order valence-electron chi connectivity index (χ3n) is 4.69. The number of hydrogen-bond acceptors (Lipinski definition) is 3. The number of ether oxygens (including phenoxy) is 2. The molecule has 0 aromatic heterocycles. The zero-order chi connectivity index (χ0) is 14.9. The van der Waals surface area contributed by atoms with Gasteiger partial charge in [0.25, 0.3) is 0 Å². The van der Waals surface area contributed by atoms with Crippen molar-refractivity contribution in [3.8, 4) is 0 Å². The molecule has 0 radical (unpaired) electrons. The second kappa shape index (κ2) is 5.71. The van der Waals surface area contributed by atoms with Crippen LogP contribution in [0.3, 0.4) is 0 Å². The highest BCUT2D eigenvalue weighted by Crippen LogP contribution is 2.47. The van der Waals surface area contributed by atoms with Crippen molar-refractivity contribution in [2.75, 3.05) is 6.61 Å². The molecule has 0 bridgehead atoms. The topological polar surface area (TPSA) is 38.7 Å². The molecule has 0 amide bonds. The fourth-order valence-electron chi connectivity index (χ4n) is 3.71. The lowest BCUT2D eigenvalue weighted by Crippen LogP contribution is -2.52. The lowest BCUT2D eigenvalue weighted by Gasteiger charge is -2.42. The Labute approximate surface area is 118 Å². The Morgan fingerprint density at radius 1 is 1.21 bits per heavy atom. The van der Waals surface area contributed by atoms with Gasteiger partial charge in [0.2, 0.25) is 0 Å². The summed E-state index contributed by atoms with van der Waals surface area (Å²) >= 11 is 0. The van der Waals surface area contributed by atoms with Crippen LogP contribution in [0.4, 0.5) is 0 Å².